The molecule has 0 aromatic carbocycles. The molecule has 0 radical (unpaired) electrons. The van der Waals surface area contributed by atoms with E-state index in [1.54, 1.807) is 12.4 Å². The zero-order valence-corrected chi connectivity index (χ0v) is 8.35. The molecule has 1 saturated heterocycles. The first-order valence-electron chi connectivity index (χ1n) is 5.23. The zero-order valence-electron chi connectivity index (χ0n) is 8.35. The van der Waals surface area contributed by atoms with Crippen molar-refractivity contribution in [2.45, 2.75) is 18.9 Å². The summed E-state index contributed by atoms with van der Waals surface area (Å²) in [6, 6.07) is 2.26. The fraction of sp³-hybridized carbons (Fsp3) is 0.364. The molecule has 1 aliphatic rings. The first-order valence-corrected chi connectivity index (χ1v) is 5.23. The van der Waals surface area contributed by atoms with Crippen molar-refractivity contribution in [3.63, 3.8) is 0 Å². The first kappa shape index (κ1) is 8.73. The molecule has 15 heavy (non-hydrogen) atoms. The fourth-order valence-electron chi connectivity index (χ4n) is 1.98. The van der Waals surface area contributed by atoms with Gasteiger partial charge in [-0.25, -0.2) is 4.98 Å². The molecule has 76 valence electrons. The van der Waals surface area contributed by atoms with E-state index in [-0.39, 0.29) is 0 Å². The second-order valence-corrected chi connectivity index (χ2v) is 3.81. The van der Waals surface area contributed by atoms with E-state index in [1.165, 1.54) is 6.42 Å². The summed E-state index contributed by atoms with van der Waals surface area (Å²) >= 11 is 0. The van der Waals surface area contributed by atoms with Crippen LogP contribution in [0.1, 0.15) is 24.6 Å². The maximum Gasteiger partial charge on any atom is 0.107 e. The average Bonchev–Trinajstić information content (AvgIpc) is 2.82. The quantitative estimate of drug-likeness (QED) is 0.757. The number of pyridine rings is 1. The van der Waals surface area contributed by atoms with E-state index in [4.69, 9.17) is 0 Å². The van der Waals surface area contributed by atoms with E-state index in [0.717, 1.165) is 29.7 Å². The third kappa shape index (κ3) is 1.57. The Bertz CT molecular complexity index is 477. The van der Waals surface area contributed by atoms with Crippen LogP contribution in [0.25, 0.3) is 11.0 Å². The smallest absolute Gasteiger partial charge is 0.107 e. The molecule has 0 spiro atoms. The summed E-state index contributed by atoms with van der Waals surface area (Å²) in [6.45, 7) is 1.08. The van der Waals surface area contributed by atoms with Gasteiger partial charge < -0.3 is 5.32 Å². The Balaban J connectivity index is 2.05. The minimum Gasteiger partial charge on any atom is -0.309 e. The van der Waals surface area contributed by atoms with Gasteiger partial charge in [0.05, 0.1) is 29.6 Å². The summed E-state index contributed by atoms with van der Waals surface area (Å²) in [5.41, 5.74) is 2.82. The molecular weight excluding hydrogens is 188 g/mol. The molecule has 0 amide bonds. The predicted octanol–water partition coefficient (Wildman–Crippen LogP) is 1.45. The second-order valence-electron chi connectivity index (χ2n) is 3.81. The van der Waals surface area contributed by atoms with Gasteiger partial charge in [-0.1, -0.05) is 0 Å². The Kier molecular flexibility index (Phi) is 2.07. The molecular formula is C11H12N4. The molecule has 1 aliphatic heterocycles. The largest absolute Gasteiger partial charge is 0.309 e. The molecule has 1 atom stereocenters. The van der Waals surface area contributed by atoms with Crippen LogP contribution in [0.15, 0.2) is 24.7 Å². The highest BCUT2D eigenvalue weighted by atomic mass is 15.0. The van der Waals surface area contributed by atoms with Gasteiger partial charge in [0.25, 0.3) is 0 Å². The van der Waals surface area contributed by atoms with Crippen LogP contribution in [0.4, 0.5) is 0 Å². The normalized spacial score (nSPS) is 20.9. The third-order valence-electron chi connectivity index (χ3n) is 2.78. The lowest BCUT2D eigenvalue weighted by atomic mass is 10.1. The van der Waals surface area contributed by atoms with Gasteiger partial charge in [-0.2, -0.15) is 0 Å². The van der Waals surface area contributed by atoms with Crippen LogP contribution in [0.2, 0.25) is 0 Å². The molecule has 2 aromatic rings. The van der Waals surface area contributed by atoms with Gasteiger partial charge in [0.2, 0.25) is 0 Å². The van der Waals surface area contributed by atoms with Crippen molar-refractivity contribution in [2.24, 2.45) is 0 Å². The van der Waals surface area contributed by atoms with Crippen molar-refractivity contribution < 1.29 is 0 Å². The van der Waals surface area contributed by atoms with Gasteiger partial charge in [0.15, 0.2) is 0 Å². The van der Waals surface area contributed by atoms with Crippen molar-refractivity contribution >= 4 is 11.0 Å². The Morgan fingerprint density at radius 1 is 1.27 bits per heavy atom. The molecule has 0 saturated carbocycles. The van der Waals surface area contributed by atoms with E-state index in [9.17, 15) is 0 Å². The molecule has 4 nitrogen and oxygen atoms in total. The lowest BCUT2D eigenvalue weighted by Crippen LogP contribution is -2.14. The molecule has 2 aromatic heterocycles. The van der Waals surface area contributed by atoms with Gasteiger partial charge >= 0.3 is 0 Å². The maximum atomic E-state index is 4.57. The molecule has 1 fully saturated rings. The summed E-state index contributed by atoms with van der Waals surface area (Å²) in [5.74, 6) is 0. The lowest BCUT2D eigenvalue weighted by Gasteiger charge is -2.09. The summed E-state index contributed by atoms with van der Waals surface area (Å²) < 4.78 is 0. The zero-order chi connectivity index (χ0) is 10.1. The van der Waals surface area contributed by atoms with Crippen LogP contribution in [-0.4, -0.2) is 21.5 Å². The van der Waals surface area contributed by atoms with Crippen LogP contribution in [0.3, 0.4) is 0 Å². The van der Waals surface area contributed by atoms with E-state index in [0.29, 0.717) is 6.04 Å². The van der Waals surface area contributed by atoms with Crippen LogP contribution >= 0.6 is 0 Å². The summed E-state index contributed by atoms with van der Waals surface area (Å²) in [5, 5.41) is 3.41. The van der Waals surface area contributed by atoms with Crippen LogP contribution in [0, 0.1) is 0 Å². The van der Waals surface area contributed by atoms with Crippen LogP contribution in [0.5, 0.6) is 0 Å². The molecule has 4 heteroatoms. The molecule has 3 heterocycles. The van der Waals surface area contributed by atoms with Crippen LogP contribution < -0.4 is 5.32 Å². The van der Waals surface area contributed by atoms with Crippen LogP contribution in [-0.2, 0) is 0 Å². The summed E-state index contributed by atoms with van der Waals surface area (Å²) in [6.07, 6.45) is 7.74. The second kappa shape index (κ2) is 3.55. The topological polar surface area (TPSA) is 50.7 Å². The molecule has 0 bridgehead atoms. The standard InChI is InChI=1S/C11H12N4/c1-2-8(13-4-1)11-7-14-9-3-5-12-6-10(9)15-11/h3,5-8,13H,1-2,4H2. The molecule has 1 unspecified atom stereocenters. The van der Waals surface area contributed by atoms with E-state index >= 15 is 0 Å². The van der Waals surface area contributed by atoms with Gasteiger partial charge in [0.1, 0.15) is 5.52 Å². The monoisotopic (exact) mass is 200 g/mol. The van der Waals surface area contributed by atoms with E-state index in [2.05, 4.69) is 20.3 Å². The number of rotatable bonds is 1. The van der Waals surface area contributed by atoms with E-state index < -0.39 is 0 Å². The fourth-order valence-corrected chi connectivity index (χ4v) is 1.98. The third-order valence-corrected chi connectivity index (χ3v) is 2.78. The number of aromatic nitrogens is 3. The number of nitrogens with one attached hydrogen (secondary N) is 1. The Morgan fingerprint density at radius 2 is 2.27 bits per heavy atom. The van der Waals surface area contributed by atoms with Crippen molar-refractivity contribution in [2.75, 3.05) is 6.54 Å². The van der Waals surface area contributed by atoms with Crippen molar-refractivity contribution in [1.29, 1.82) is 0 Å². The van der Waals surface area contributed by atoms with Crippen molar-refractivity contribution in [3.8, 4) is 0 Å². The SMILES string of the molecule is c1cc2ncc(C3CCCN3)nc2cn1. The van der Waals surface area contributed by atoms with Gasteiger partial charge in [0, 0.05) is 6.20 Å². The minimum atomic E-state index is 0.377. The average molecular weight is 200 g/mol. The molecule has 1 N–H and O–H groups in total. The lowest BCUT2D eigenvalue weighted by molar-refractivity contribution is 0.627. The summed E-state index contributed by atoms with van der Waals surface area (Å²) in [4.78, 5) is 13.0. The predicted molar refractivity (Wildman–Crippen MR) is 57.3 cm³/mol. The molecule has 0 aliphatic carbocycles. The Labute approximate surface area is 87.8 Å². The number of nitrogens with zero attached hydrogens (tertiary/aromatic N) is 3. The van der Waals surface area contributed by atoms with Gasteiger partial charge in [-0.15, -0.1) is 0 Å². The maximum absolute atomic E-state index is 4.57. The van der Waals surface area contributed by atoms with E-state index in [1.807, 2.05) is 12.3 Å². The van der Waals surface area contributed by atoms with Gasteiger partial charge in [-0.05, 0) is 25.5 Å². The number of hydrogen-bond donors (Lipinski definition) is 1. The highest BCUT2D eigenvalue weighted by Crippen LogP contribution is 2.21. The summed E-state index contributed by atoms with van der Waals surface area (Å²) in [7, 11) is 0. The van der Waals surface area contributed by atoms with Crippen molar-refractivity contribution in [1.82, 2.24) is 20.3 Å². The number of hydrogen-bond acceptors (Lipinski definition) is 4. The molecule has 3 rings (SSSR count). The van der Waals surface area contributed by atoms with Gasteiger partial charge in [-0.3, -0.25) is 9.97 Å². The highest BCUT2D eigenvalue weighted by Gasteiger charge is 2.17. The number of fused-ring (bicyclic) bond motifs is 1. The van der Waals surface area contributed by atoms with Crippen molar-refractivity contribution in [3.05, 3.63) is 30.4 Å². The Morgan fingerprint density at radius 3 is 3.13 bits per heavy atom. The minimum absolute atomic E-state index is 0.377. The Hall–Kier alpha value is -1.55. The highest BCUT2D eigenvalue weighted by molar-refractivity contribution is 5.72. The first-order chi connectivity index (χ1) is 7.43.